The van der Waals surface area contributed by atoms with E-state index in [1.165, 1.54) is 31.2 Å². The lowest BCUT2D eigenvalue weighted by molar-refractivity contribution is 0.341. The first-order chi connectivity index (χ1) is 8.69. The molecule has 1 aromatic rings. The second kappa shape index (κ2) is 5.61. The van der Waals surface area contributed by atoms with E-state index in [1.54, 1.807) is 14.2 Å². The van der Waals surface area contributed by atoms with E-state index in [4.69, 9.17) is 9.47 Å². The Morgan fingerprint density at radius 1 is 1.06 bits per heavy atom. The zero-order valence-electron chi connectivity index (χ0n) is 11.6. The van der Waals surface area contributed by atoms with Crippen LogP contribution in [0.25, 0.3) is 0 Å². The van der Waals surface area contributed by atoms with Crippen LogP contribution in [0.1, 0.15) is 38.2 Å². The summed E-state index contributed by atoms with van der Waals surface area (Å²) >= 11 is 0. The smallest absolute Gasteiger partial charge is 0.161 e. The van der Waals surface area contributed by atoms with Crippen LogP contribution >= 0.6 is 0 Å². The van der Waals surface area contributed by atoms with Gasteiger partial charge in [0.05, 0.1) is 14.2 Å². The minimum atomic E-state index is 0.0516. The number of methoxy groups -OCH3 is 2. The molecule has 3 heteroatoms. The summed E-state index contributed by atoms with van der Waals surface area (Å²) in [6, 6.07) is 6.23. The van der Waals surface area contributed by atoms with E-state index >= 15 is 0 Å². The third kappa shape index (κ3) is 2.61. The molecule has 1 atom stereocenters. The maximum atomic E-state index is 5.39. The Hall–Kier alpha value is -1.22. The van der Waals surface area contributed by atoms with Crippen LogP contribution in [0.3, 0.4) is 0 Å². The summed E-state index contributed by atoms with van der Waals surface area (Å²) in [6.45, 7) is 3.37. The number of nitrogens with one attached hydrogen (secondary N) is 1. The van der Waals surface area contributed by atoms with E-state index in [-0.39, 0.29) is 5.54 Å². The van der Waals surface area contributed by atoms with Crippen LogP contribution in [0.4, 0.5) is 0 Å². The summed E-state index contributed by atoms with van der Waals surface area (Å²) < 4.78 is 10.7. The van der Waals surface area contributed by atoms with Gasteiger partial charge in [-0.15, -0.1) is 0 Å². The Kier molecular flexibility index (Phi) is 4.12. The molecule has 0 radical (unpaired) electrons. The third-order valence-corrected chi connectivity index (χ3v) is 3.89. The molecular formula is C15H23NO2. The van der Waals surface area contributed by atoms with Crippen LogP contribution in [0.5, 0.6) is 11.5 Å². The fourth-order valence-corrected chi connectivity index (χ4v) is 2.66. The van der Waals surface area contributed by atoms with Crippen molar-refractivity contribution in [2.75, 3.05) is 20.8 Å². The van der Waals surface area contributed by atoms with Gasteiger partial charge in [0, 0.05) is 5.54 Å². The zero-order valence-corrected chi connectivity index (χ0v) is 11.6. The Morgan fingerprint density at radius 3 is 2.56 bits per heavy atom. The molecule has 0 aromatic heterocycles. The summed E-state index contributed by atoms with van der Waals surface area (Å²) in [6.07, 6.45) is 5.03. The lowest BCUT2D eigenvalue weighted by Gasteiger charge is -2.30. The molecule has 1 unspecified atom stereocenters. The predicted octanol–water partition coefficient (Wildman–Crippen LogP) is 3.08. The van der Waals surface area contributed by atoms with Gasteiger partial charge >= 0.3 is 0 Å². The van der Waals surface area contributed by atoms with E-state index in [9.17, 15) is 0 Å². The van der Waals surface area contributed by atoms with Crippen LogP contribution < -0.4 is 14.8 Å². The highest BCUT2D eigenvalue weighted by molar-refractivity contribution is 5.45. The van der Waals surface area contributed by atoms with Crippen molar-refractivity contribution in [1.29, 1.82) is 0 Å². The van der Waals surface area contributed by atoms with Gasteiger partial charge in [0.25, 0.3) is 0 Å². The molecule has 1 N–H and O–H groups in total. The Bertz CT molecular complexity index is 395. The van der Waals surface area contributed by atoms with Crippen LogP contribution in [-0.4, -0.2) is 20.8 Å². The molecule has 3 nitrogen and oxygen atoms in total. The lowest BCUT2D eigenvalue weighted by Crippen LogP contribution is -2.38. The van der Waals surface area contributed by atoms with Crippen LogP contribution in [0, 0.1) is 0 Å². The predicted molar refractivity (Wildman–Crippen MR) is 73.4 cm³/mol. The number of hydrogen-bond acceptors (Lipinski definition) is 3. The van der Waals surface area contributed by atoms with Gasteiger partial charge in [-0.25, -0.2) is 0 Å². The maximum Gasteiger partial charge on any atom is 0.161 e. The average molecular weight is 249 g/mol. The SMILES string of the molecule is COc1ccc(C2(C)CCCCCN2)cc1OC. The van der Waals surface area contributed by atoms with Gasteiger partial charge in [-0.05, 0) is 44.0 Å². The quantitative estimate of drug-likeness (QED) is 0.893. The van der Waals surface area contributed by atoms with Crippen molar-refractivity contribution >= 4 is 0 Å². The van der Waals surface area contributed by atoms with Gasteiger partial charge in [-0.3, -0.25) is 0 Å². The van der Waals surface area contributed by atoms with E-state index in [0.29, 0.717) is 0 Å². The molecule has 2 rings (SSSR count). The summed E-state index contributed by atoms with van der Waals surface area (Å²) in [5, 5.41) is 3.67. The molecule has 0 bridgehead atoms. The van der Waals surface area contributed by atoms with Crippen molar-refractivity contribution in [3.8, 4) is 11.5 Å². The molecule has 1 fully saturated rings. The second-order valence-corrected chi connectivity index (χ2v) is 5.14. The van der Waals surface area contributed by atoms with Crippen molar-refractivity contribution in [1.82, 2.24) is 5.32 Å². The van der Waals surface area contributed by atoms with E-state index in [0.717, 1.165) is 18.0 Å². The van der Waals surface area contributed by atoms with Gasteiger partial charge in [0.15, 0.2) is 11.5 Å². The molecular weight excluding hydrogens is 226 g/mol. The number of ether oxygens (including phenoxy) is 2. The molecule has 1 aliphatic heterocycles. The molecule has 1 aliphatic rings. The van der Waals surface area contributed by atoms with Crippen molar-refractivity contribution in [3.05, 3.63) is 23.8 Å². The zero-order chi connectivity index (χ0) is 13.0. The second-order valence-electron chi connectivity index (χ2n) is 5.14. The first-order valence-electron chi connectivity index (χ1n) is 6.67. The topological polar surface area (TPSA) is 30.5 Å². The van der Waals surface area contributed by atoms with Crippen LogP contribution in [0.2, 0.25) is 0 Å². The lowest BCUT2D eigenvalue weighted by atomic mass is 9.87. The minimum Gasteiger partial charge on any atom is -0.493 e. The van der Waals surface area contributed by atoms with Gasteiger partial charge < -0.3 is 14.8 Å². The van der Waals surface area contributed by atoms with Crippen LogP contribution in [0.15, 0.2) is 18.2 Å². The van der Waals surface area contributed by atoms with Crippen molar-refractivity contribution in [3.63, 3.8) is 0 Å². The van der Waals surface area contributed by atoms with E-state index in [2.05, 4.69) is 24.4 Å². The fraction of sp³-hybridized carbons (Fsp3) is 0.600. The molecule has 0 spiro atoms. The average Bonchev–Trinajstić information content (AvgIpc) is 2.63. The summed E-state index contributed by atoms with van der Waals surface area (Å²) in [5.41, 5.74) is 1.33. The summed E-state index contributed by atoms with van der Waals surface area (Å²) in [7, 11) is 3.35. The van der Waals surface area contributed by atoms with E-state index < -0.39 is 0 Å². The number of rotatable bonds is 3. The highest BCUT2D eigenvalue weighted by atomic mass is 16.5. The van der Waals surface area contributed by atoms with Crippen LogP contribution in [-0.2, 0) is 5.54 Å². The summed E-state index contributed by atoms with van der Waals surface area (Å²) in [4.78, 5) is 0. The Labute approximate surface area is 109 Å². The monoisotopic (exact) mass is 249 g/mol. The fourth-order valence-electron chi connectivity index (χ4n) is 2.66. The third-order valence-electron chi connectivity index (χ3n) is 3.89. The standard InChI is InChI=1S/C15H23NO2/c1-15(9-5-4-6-10-16-15)12-7-8-13(17-2)14(11-12)18-3/h7-8,11,16H,4-6,9-10H2,1-3H3. The maximum absolute atomic E-state index is 5.39. The molecule has 1 heterocycles. The number of hydrogen-bond donors (Lipinski definition) is 1. The highest BCUT2D eigenvalue weighted by Crippen LogP contribution is 2.35. The molecule has 0 aliphatic carbocycles. The van der Waals surface area contributed by atoms with Crippen molar-refractivity contribution < 1.29 is 9.47 Å². The molecule has 0 amide bonds. The molecule has 1 saturated heterocycles. The Morgan fingerprint density at radius 2 is 1.83 bits per heavy atom. The minimum absolute atomic E-state index is 0.0516. The number of benzene rings is 1. The van der Waals surface area contributed by atoms with Gasteiger partial charge in [0.1, 0.15) is 0 Å². The van der Waals surface area contributed by atoms with Gasteiger partial charge in [-0.2, -0.15) is 0 Å². The molecule has 100 valence electrons. The summed E-state index contributed by atoms with van der Waals surface area (Å²) in [5.74, 6) is 1.60. The largest absolute Gasteiger partial charge is 0.493 e. The van der Waals surface area contributed by atoms with E-state index in [1.807, 2.05) is 6.07 Å². The molecule has 1 aromatic carbocycles. The Balaban J connectivity index is 2.31. The van der Waals surface area contributed by atoms with Gasteiger partial charge in [0.2, 0.25) is 0 Å². The van der Waals surface area contributed by atoms with Crippen molar-refractivity contribution in [2.45, 2.75) is 38.1 Å². The molecule has 18 heavy (non-hydrogen) atoms. The molecule has 0 saturated carbocycles. The van der Waals surface area contributed by atoms with Crippen molar-refractivity contribution in [2.24, 2.45) is 0 Å². The first-order valence-corrected chi connectivity index (χ1v) is 6.67. The first kappa shape index (κ1) is 13.2. The highest BCUT2D eigenvalue weighted by Gasteiger charge is 2.27. The van der Waals surface area contributed by atoms with Gasteiger partial charge in [-0.1, -0.05) is 18.9 Å². The normalized spacial score (nSPS) is 24.4.